The Morgan fingerprint density at radius 3 is 2.74 bits per heavy atom. The highest BCUT2D eigenvalue weighted by Crippen LogP contribution is 2.27. The lowest BCUT2D eigenvalue weighted by molar-refractivity contribution is -0.116. The minimum atomic E-state index is -1.26. The van der Waals surface area contributed by atoms with Crippen LogP contribution in [0.1, 0.15) is 10.4 Å². The third kappa shape index (κ3) is 2.89. The number of benzene rings is 1. The van der Waals surface area contributed by atoms with Crippen molar-refractivity contribution >= 4 is 17.6 Å². The summed E-state index contributed by atoms with van der Waals surface area (Å²) in [7, 11) is 0. The van der Waals surface area contributed by atoms with Crippen LogP contribution in [0.4, 0.5) is 5.69 Å². The summed E-state index contributed by atoms with van der Waals surface area (Å²) >= 11 is 0. The fraction of sp³-hybridized carbons (Fsp3) is 0.0833. The van der Waals surface area contributed by atoms with Gasteiger partial charge in [-0.1, -0.05) is 6.07 Å². The lowest BCUT2D eigenvalue weighted by atomic mass is 10.1. The van der Waals surface area contributed by atoms with Crippen LogP contribution in [0.25, 0.3) is 0 Å². The van der Waals surface area contributed by atoms with Crippen molar-refractivity contribution in [3.8, 4) is 5.75 Å². The molecule has 0 aliphatic carbocycles. The van der Waals surface area contributed by atoms with Gasteiger partial charge in [-0.15, -0.1) is 0 Å². The van der Waals surface area contributed by atoms with Gasteiger partial charge in [0.25, 0.3) is 0 Å². The number of carbonyl (C=O) groups excluding carboxylic acids is 1. The molecule has 0 unspecified atom stereocenters. The average Bonchev–Trinajstić information content (AvgIpc) is 2.84. The molecule has 0 radical (unpaired) electrons. The number of aromatic nitrogens is 2. The van der Waals surface area contributed by atoms with Crippen molar-refractivity contribution in [3.63, 3.8) is 0 Å². The molecule has 2 aromatic rings. The van der Waals surface area contributed by atoms with Gasteiger partial charge in [0, 0.05) is 12.4 Å². The average molecular weight is 261 g/mol. The monoisotopic (exact) mass is 261 g/mol. The normalized spacial score (nSPS) is 10.1. The van der Waals surface area contributed by atoms with Crippen LogP contribution in [0.2, 0.25) is 0 Å². The molecule has 0 saturated carbocycles. The van der Waals surface area contributed by atoms with Crippen molar-refractivity contribution in [1.29, 1.82) is 0 Å². The number of anilines is 1. The van der Waals surface area contributed by atoms with Gasteiger partial charge >= 0.3 is 5.97 Å². The maximum Gasteiger partial charge on any atom is 0.339 e. The van der Waals surface area contributed by atoms with Crippen molar-refractivity contribution in [2.24, 2.45) is 0 Å². The Hall–Kier alpha value is -2.83. The predicted molar refractivity (Wildman–Crippen MR) is 65.9 cm³/mol. The Labute approximate surface area is 108 Å². The fourth-order valence-electron chi connectivity index (χ4n) is 1.55. The first-order valence-corrected chi connectivity index (χ1v) is 5.40. The van der Waals surface area contributed by atoms with E-state index in [4.69, 9.17) is 5.11 Å². The van der Waals surface area contributed by atoms with Gasteiger partial charge in [0.15, 0.2) is 5.75 Å². The zero-order valence-electron chi connectivity index (χ0n) is 9.78. The number of nitrogens with one attached hydrogen (secondary N) is 1. The number of rotatable bonds is 4. The molecular weight excluding hydrogens is 250 g/mol. The van der Waals surface area contributed by atoms with E-state index in [0.717, 1.165) is 0 Å². The van der Waals surface area contributed by atoms with Gasteiger partial charge in [0.2, 0.25) is 5.91 Å². The number of para-hydroxylation sites is 1. The smallest absolute Gasteiger partial charge is 0.339 e. The minimum absolute atomic E-state index is 0.0241. The molecule has 0 aliphatic heterocycles. The van der Waals surface area contributed by atoms with Crippen LogP contribution in [0, 0.1) is 0 Å². The molecule has 0 aliphatic rings. The topological polar surface area (TPSA) is 104 Å². The molecule has 0 spiro atoms. The second-order valence-corrected chi connectivity index (χ2v) is 3.76. The van der Waals surface area contributed by atoms with Gasteiger partial charge in [0.1, 0.15) is 12.1 Å². The Morgan fingerprint density at radius 1 is 1.32 bits per heavy atom. The summed E-state index contributed by atoms with van der Waals surface area (Å²) in [5.41, 5.74) is -0.214. The predicted octanol–water partition coefficient (Wildman–Crippen LogP) is 0.926. The standard InChI is InChI=1S/C12H11N3O4/c16-10(7-15-6-2-5-13-15)14-9-4-1-3-8(11(9)17)12(18)19/h1-6,17H,7H2,(H,14,16)(H,18,19). The van der Waals surface area contributed by atoms with Crippen LogP contribution in [-0.4, -0.2) is 31.9 Å². The van der Waals surface area contributed by atoms with Gasteiger partial charge in [-0.3, -0.25) is 9.48 Å². The number of phenols is 1. The van der Waals surface area contributed by atoms with Crippen molar-refractivity contribution in [2.75, 3.05) is 5.32 Å². The zero-order chi connectivity index (χ0) is 13.8. The van der Waals surface area contributed by atoms with Crippen LogP contribution in [0.15, 0.2) is 36.7 Å². The minimum Gasteiger partial charge on any atom is -0.505 e. The quantitative estimate of drug-likeness (QED) is 0.710. The number of aromatic carboxylic acids is 1. The SMILES string of the molecule is O=C(Cn1cccn1)Nc1cccc(C(=O)O)c1O. The maximum atomic E-state index is 11.7. The summed E-state index contributed by atoms with van der Waals surface area (Å²) in [6.45, 7) is -0.0241. The molecule has 0 fully saturated rings. The number of carbonyl (C=O) groups is 2. The number of nitrogens with zero attached hydrogens (tertiary/aromatic N) is 2. The molecule has 19 heavy (non-hydrogen) atoms. The second kappa shape index (κ2) is 5.21. The van der Waals surface area contributed by atoms with Crippen molar-refractivity contribution in [3.05, 3.63) is 42.2 Å². The number of hydrogen-bond acceptors (Lipinski definition) is 4. The Morgan fingerprint density at radius 2 is 2.11 bits per heavy atom. The van der Waals surface area contributed by atoms with Gasteiger partial charge in [0.05, 0.1) is 5.69 Å². The zero-order valence-corrected chi connectivity index (χ0v) is 9.78. The van der Waals surface area contributed by atoms with E-state index in [2.05, 4.69) is 10.4 Å². The molecule has 0 atom stereocenters. The molecule has 0 saturated heterocycles. The summed E-state index contributed by atoms with van der Waals surface area (Å²) in [6.07, 6.45) is 3.16. The second-order valence-electron chi connectivity index (χ2n) is 3.76. The van der Waals surface area contributed by atoms with E-state index in [1.807, 2.05) is 0 Å². The number of hydrogen-bond donors (Lipinski definition) is 3. The Balaban J connectivity index is 2.13. The summed E-state index contributed by atoms with van der Waals surface area (Å²) in [6, 6.07) is 5.78. The molecule has 3 N–H and O–H groups in total. The van der Waals surface area contributed by atoms with Gasteiger partial charge in [-0.25, -0.2) is 4.79 Å². The molecule has 1 aromatic carbocycles. The Bertz CT molecular complexity index is 607. The van der Waals surface area contributed by atoms with Gasteiger partial charge in [-0.05, 0) is 18.2 Å². The molecule has 0 bridgehead atoms. The fourth-order valence-corrected chi connectivity index (χ4v) is 1.55. The van der Waals surface area contributed by atoms with Gasteiger partial charge in [-0.2, -0.15) is 5.10 Å². The molecular formula is C12H11N3O4. The lowest BCUT2D eigenvalue weighted by Gasteiger charge is -2.09. The number of aromatic hydroxyl groups is 1. The summed E-state index contributed by atoms with van der Waals surface area (Å²) in [5, 5.41) is 24.9. The van der Waals surface area contributed by atoms with Crippen LogP contribution >= 0.6 is 0 Å². The first-order chi connectivity index (χ1) is 9.08. The molecule has 1 amide bonds. The molecule has 2 rings (SSSR count). The van der Waals surface area contributed by atoms with Crippen molar-refractivity contribution in [1.82, 2.24) is 9.78 Å². The molecule has 1 aromatic heterocycles. The summed E-state index contributed by atoms with van der Waals surface area (Å²) in [5.74, 6) is -2.15. The van der Waals surface area contributed by atoms with Crippen molar-refractivity contribution < 1.29 is 19.8 Å². The summed E-state index contributed by atoms with van der Waals surface area (Å²) < 4.78 is 1.41. The molecule has 98 valence electrons. The molecule has 7 nitrogen and oxygen atoms in total. The van der Waals surface area contributed by atoms with Crippen molar-refractivity contribution in [2.45, 2.75) is 6.54 Å². The van der Waals surface area contributed by atoms with E-state index in [1.165, 1.54) is 29.1 Å². The third-order valence-electron chi connectivity index (χ3n) is 2.41. The van der Waals surface area contributed by atoms with Crippen LogP contribution in [0.3, 0.4) is 0 Å². The molecule has 1 heterocycles. The first kappa shape index (κ1) is 12.6. The van der Waals surface area contributed by atoms with E-state index in [1.54, 1.807) is 12.3 Å². The van der Waals surface area contributed by atoms with E-state index < -0.39 is 17.6 Å². The summed E-state index contributed by atoms with van der Waals surface area (Å²) in [4.78, 5) is 22.5. The highest BCUT2D eigenvalue weighted by Gasteiger charge is 2.14. The van der Waals surface area contributed by atoms with Crippen LogP contribution < -0.4 is 5.32 Å². The largest absolute Gasteiger partial charge is 0.505 e. The highest BCUT2D eigenvalue weighted by molar-refractivity contribution is 5.97. The first-order valence-electron chi connectivity index (χ1n) is 5.40. The van der Waals surface area contributed by atoms with E-state index in [9.17, 15) is 14.7 Å². The van der Waals surface area contributed by atoms with Crippen LogP contribution in [-0.2, 0) is 11.3 Å². The third-order valence-corrected chi connectivity index (χ3v) is 2.41. The Kier molecular flexibility index (Phi) is 3.46. The number of carboxylic acids is 1. The van der Waals surface area contributed by atoms with E-state index in [-0.39, 0.29) is 17.8 Å². The lowest BCUT2D eigenvalue weighted by Crippen LogP contribution is -2.19. The number of carboxylic acid groups (broad SMARTS) is 1. The number of amides is 1. The van der Waals surface area contributed by atoms with Gasteiger partial charge < -0.3 is 15.5 Å². The highest BCUT2D eigenvalue weighted by atomic mass is 16.4. The maximum absolute atomic E-state index is 11.7. The van der Waals surface area contributed by atoms with Crippen LogP contribution in [0.5, 0.6) is 5.75 Å². The van der Waals surface area contributed by atoms with E-state index in [0.29, 0.717) is 0 Å². The molecule has 7 heteroatoms. The van der Waals surface area contributed by atoms with E-state index >= 15 is 0 Å².